The molecule has 0 saturated carbocycles. The highest BCUT2D eigenvalue weighted by atomic mass is 16.5. The molecule has 9 nitrogen and oxygen atoms in total. The van der Waals surface area contributed by atoms with E-state index in [4.69, 9.17) is 10.5 Å². The zero-order chi connectivity index (χ0) is 22.6. The molecule has 0 unspecified atom stereocenters. The molecule has 0 radical (unpaired) electrons. The van der Waals surface area contributed by atoms with Crippen LogP contribution < -0.4 is 21.1 Å². The van der Waals surface area contributed by atoms with E-state index in [9.17, 15) is 19.2 Å². The largest absolute Gasteiger partial charge is 0.496 e. The molecule has 0 bridgehead atoms. The summed E-state index contributed by atoms with van der Waals surface area (Å²) in [6, 6.07) is 13.7. The Morgan fingerprint density at radius 2 is 1.84 bits per heavy atom. The van der Waals surface area contributed by atoms with Crippen LogP contribution in [0.25, 0.3) is 0 Å². The molecule has 164 valence electrons. The maximum Gasteiger partial charge on any atom is 0.291 e. The van der Waals surface area contributed by atoms with Gasteiger partial charge in [0.05, 0.1) is 25.8 Å². The fourth-order valence-electron chi connectivity index (χ4n) is 5.56. The summed E-state index contributed by atoms with van der Waals surface area (Å²) in [5.74, 6) is -2.98. The van der Waals surface area contributed by atoms with Crippen LogP contribution in [0.15, 0.2) is 48.5 Å². The van der Waals surface area contributed by atoms with Gasteiger partial charge in [-0.1, -0.05) is 36.4 Å². The molecule has 3 heterocycles. The third-order valence-corrected chi connectivity index (χ3v) is 6.83. The van der Waals surface area contributed by atoms with Crippen molar-refractivity contribution in [1.82, 2.24) is 4.90 Å². The van der Waals surface area contributed by atoms with Crippen LogP contribution in [0.3, 0.4) is 0 Å². The van der Waals surface area contributed by atoms with Crippen LogP contribution in [0.2, 0.25) is 0 Å². The Labute approximate surface area is 183 Å². The number of nitrogens with zero attached hydrogens (tertiary/aromatic N) is 1. The Morgan fingerprint density at radius 1 is 1.12 bits per heavy atom. The molecule has 4 amide bonds. The van der Waals surface area contributed by atoms with Crippen molar-refractivity contribution in [3.63, 3.8) is 0 Å². The Bertz CT molecular complexity index is 1160. The number of carbonyl (C=O) groups excluding carboxylic acids is 4. The van der Waals surface area contributed by atoms with Crippen molar-refractivity contribution >= 4 is 29.3 Å². The van der Waals surface area contributed by atoms with Gasteiger partial charge in [0.25, 0.3) is 5.91 Å². The number of carbonyl (C=O) groups is 4. The lowest BCUT2D eigenvalue weighted by Crippen LogP contribution is -2.99. The van der Waals surface area contributed by atoms with Crippen molar-refractivity contribution in [3.05, 3.63) is 59.7 Å². The van der Waals surface area contributed by atoms with Gasteiger partial charge in [-0.3, -0.25) is 24.1 Å². The maximum atomic E-state index is 13.7. The molecule has 0 aliphatic carbocycles. The van der Waals surface area contributed by atoms with E-state index in [0.29, 0.717) is 22.6 Å². The first-order valence-electron chi connectivity index (χ1n) is 10.4. The van der Waals surface area contributed by atoms with E-state index in [1.165, 1.54) is 12.0 Å². The van der Waals surface area contributed by atoms with Gasteiger partial charge < -0.3 is 21.1 Å². The topological polar surface area (TPSA) is 135 Å². The second-order valence-corrected chi connectivity index (χ2v) is 8.45. The number of ether oxygens (including phenoxy) is 1. The summed E-state index contributed by atoms with van der Waals surface area (Å²) in [5.41, 5.74) is 6.08. The van der Waals surface area contributed by atoms with Gasteiger partial charge in [-0.15, -0.1) is 0 Å². The normalized spacial score (nSPS) is 28.1. The summed E-state index contributed by atoms with van der Waals surface area (Å²) in [7, 11) is 1.52. The molecule has 9 heteroatoms. The van der Waals surface area contributed by atoms with Gasteiger partial charge in [0.2, 0.25) is 23.3 Å². The average Bonchev–Trinajstić information content (AvgIpc) is 3.34. The van der Waals surface area contributed by atoms with Gasteiger partial charge in [0.1, 0.15) is 23.6 Å². The molecule has 2 aromatic carbocycles. The van der Waals surface area contributed by atoms with E-state index in [0.717, 1.165) is 0 Å². The number of fused-ring (bicyclic) bond motifs is 4. The maximum absolute atomic E-state index is 13.7. The molecule has 3 aliphatic heterocycles. The Kier molecular flexibility index (Phi) is 4.52. The summed E-state index contributed by atoms with van der Waals surface area (Å²) < 4.78 is 5.37. The first-order valence-corrected chi connectivity index (χ1v) is 10.4. The number of hydrogen-bond donors (Lipinski definition) is 3. The van der Waals surface area contributed by atoms with E-state index in [-0.39, 0.29) is 18.9 Å². The first kappa shape index (κ1) is 20.2. The van der Waals surface area contributed by atoms with E-state index < -0.39 is 41.1 Å². The average molecular weight is 435 g/mol. The van der Waals surface area contributed by atoms with Gasteiger partial charge in [-0.05, 0) is 12.1 Å². The zero-order valence-corrected chi connectivity index (χ0v) is 17.4. The summed E-state index contributed by atoms with van der Waals surface area (Å²) in [4.78, 5) is 53.5. The highest BCUT2D eigenvalue weighted by Crippen LogP contribution is 2.49. The van der Waals surface area contributed by atoms with Gasteiger partial charge in [-0.25, -0.2) is 0 Å². The standard InChI is InChI=1S/C23H22N4O5/c1-32-16-9-5-2-6-12(16)11-27-20(29)18-15(10-17(24)28)26-23(19(18)21(27)30)13-7-3-4-8-14(13)25-22(23)31/h2-9,15,18-19,26H,10-11H2,1H3,(H2,24,28)(H,25,31)/p+1/t15-,18-,19+,23+/m0/s1. The van der Waals surface area contributed by atoms with E-state index in [2.05, 4.69) is 5.32 Å². The molecule has 2 saturated heterocycles. The number of likely N-dealkylation sites (tertiary alicyclic amines) is 1. The fraction of sp³-hybridized carbons (Fsp3) is 0.304. The number of anilines is 1. The van der Waals surface area contributed by atoms with Crippen molar-refractivity contribution in [2.45, 2.75) is 24.5 Å². The number of para-hydroxylation sites is 2. The van der Waals surface area contributed by atoms with Crippen LogP contribution >= 0.6 is 0 Å². The van der Waals surface area contributed by atoms with Crippen molar-refractivity contribution in [3.8, 4) is 5.75 Å². The Balaban J connectivity index is 1.60. The number of nitrogens with two attached hydrogens (primary N) is 2. The molecular formula is C23H23N4O5+. The van der Waals surface area contributed by atoms with E-state index >= 15 is 0 Å². The lowest BCUT2D eigenvalue weighted by atomic mass is 9.76. The van der Waals surface area contributed by atoms with Gasteiger partial charge in [-0.2, -0.15) is 0 Å². The van der Waals surface area contributed by atoms with Gasteiger partial charge in [0, 0.05) is 11.1 Å². The third kappa shape index (κ3) is 2.67. The summed E-state index contributed by atoms with van der Waals surface area (Å²) in [6.45, 7) is 0.0251. The number of rotatable bonds is 5. The number of nitrogens with one attached hydrogen (secondary N) is 1. The monoisotopic (exact) mass is 435 g/mol. The minimum absolute atomic E-state index is 0.0251. The molecule has 5 rings (SSSR count). The van der Waals surface area contributed by atoms with Crippen molar-refractivity contribution in [2.75, 3.05) is 12.4 Å². The molecule has 4 atom stereocenters. The van der Waals surface area contributed by atoms with Crippen molar-refractivity contribution < 1.29 is 29.2 Å². The minimum Gasteiger partial charge on any atom is -0.496 e. The van der Waals surface area contributed by atoms with Crippen LogP contribution in [0.1, 0.15) is 17.5 Å². The third-order valence-electron chi connectivity index (χ3n) is 6.83. The highest BCUT2D eigenvalue weighted by molar-refractivity contribution is 6.14. The van der Waals surface area contributed by atoms with Crippen LogP contribution in [-0.2, 0) is 31.3 Å². The molecule has 5 N–H and O–H groups in total. The molecule has 3 aliphatic rings. The van der Waals surface area contributed by atoms with E-state index in [1.54, 1.807) is 53.8 Å². The van der Waals surface area contributed by atoms with Crippen LogP contribution in [0, 0.1) is 11.8 Å². The SMILES string of the molecule is COc1ccccc1CN1C(=O)[C@H]2[C@H](CC(N)=O)[NH2+][C@@]3(C(=O)Nc4ccccc43)[C@H]2C1=O. The van der Waals surface area contributed by atoms with Gasteiger partial charge >= 0.3 is 0 Å². The summed E-state index contributed by atoms with van der Waals surface area (Å²) >= 11 is 0. The smallest absolute Gasteiger partial charge is 0.291 e. The zero-order valence-electron chi connectivity index (χ0n) is 17.4. The number of imide groups is 1. The Hall–Kier alpha value is -3.72. The predicted molar refractivity (Wildman–Crippen MR) is 112 cm³/mol. The molecular weight excluding hydrogens is 412 g/mol. The first-order chi connectivity index (χ1) is 15.4. The Morgan fingerprint density at radius 3 is 2.59 bits per heavy atom. The lowest BCUT2D eigenvalue weighted by molar-refractivity contribution is -0.732. The number of methoxy groups -OCH3 is 1. The van der Waals surface area contributed by atoms with Crippen LogP contribution in [0.5, 0.6) is 5.75 Å². The number of hydrogen-bond acceptors (Lipinski definition) is 5. The summed E-state index contributed by atoms with van der Waals surface area (Å²) in [5, 5.41) is 4.55. The quantitative estimate of drug-likeness (QED) is 0.543. The van der Waals surface area contributed by atoms with Crippen LogP contribution in [0.4, 0.5) is 5.69 Å². The molecule has 2 aromatic rings. The van der Waals surface area contributed by atoms with Crippen molar-refractivity contribution in [1.29, 1.82) is 0 Å². The second-order valence-electron chi connectivity index (χ2n) is 8.45. The molecule has 2 fully saturated rings. The summed E-state index contributed by atoms with van der Waals surface area (Å²) in [6.07, 6.45) is -0.111. The fourth-order valence-corrected chi connectivity index (χ4v) is 5.56. The minimum atomic E-state index is -1.32. The molecule has 1 spiro atoms. The molecule has 32 heavy (non-hydrogen) atoms. The second kappa shape index (κ2) is 7.16. The number of amides is 4. The number of primary amides is 1. The van der Waals surface area contributed by atoms with Crippen molar-refractivity contribution in [2.24, 2.45) is 17.6 Å². The van der Waals surface area contributed by atoms with E-state index in [1.807, 2.05) is 0 Å². The number of benzene rings is 2. The lowest BCUT2D eigenvalue weighted by Gasteiger charge is -2.26. The molecule has 0 aromatic heterocycles. The van der Waals surface area contributed by atoms with Crippen LogP contribution in [-0.4, -0.2) is 41.7 Å². The highest BCUT2D eigenvalue weighted by Gasteiger charge is 2.74. The van der Waals surface area contributed by atoms with Gasteiger partial charge in [0.15, 0.2) is 0 Å². The predicted octanol–water partition coefficient (Wildman–Crippen LogP) is -0.535. The number of quaternary nitrogens is 1.